The zero-order chi connectivity index (χ0) is 10.7. The first-order chi connectivity index (χ1) is 7.29. The molecule has 2 rings (SSSR count). The van der Waals surface area contributed by atoms with Crippen LogP contribution in [0.2, 0.25) is 0 Å². The lowest BCUT2D eigenvalue weighted by Gasteiger charge is -2.16. The van der Waals surface area contributed by atoms with E-state index in [0.717, 1.165) is 38.6 Å². The van der Waals surface area contributed by atoms with Crippen LogP contribution in [0, 0.1) is 0 Å². The molecule has 1 aliphatic carbocycles. The van der Waals surface area contributed by atoms with Gasteiger partial charge in [0.1, 0.15) is 0 Å². The van der Waals surface area contributed by atoms with Crippen LogP contribution in [0.1, 0.15) is 32.1 Å². The van der Waals surface area contributed by atoms with Crippen LogP contribution in [-0.2, 0) is 9.53 Å². The van der Waals surface area contributed by atoms with Gasteiger partial charge in [-0.3, -0.25) is 4.79 Å². The Hall–Kier alpha value is -0.610. The number of amides is 1. The quantitative estimate of drug-likeness (QED) is 0.713. The van der Waals surface area contributed by atoms with Gasteiger partial charge >= 0.3 is 0 Å². The Morgan fingerprint density at radius 1 is 1.40 bits per heavy atom. The highest BCUT2D eigenvalue weighted by molar-refractivity contribution is 5.82. The first kappa shape index (κ1) is 10.9. The topological polar surface area (TPSA) is 50.4 Å². The second-order valence-electron chi connectivity index (χ2n) is 4.53. The lowest BCUT2D eigenvalue weighted by Crippen LogP contribution is -2.44. The van der Waals surface area contributed by atoms with Gasteiger partial charge in [0.15, 0.2) is 0 Å². The molecule has 4 nitrogen and oxygen atoms in total. The molecule has 2 aliphatic rings. The molecule has 1 aliphatic heterocycles. The van der Waals surface area contributed by atoms with Gasteiger partial charge in [-0.1, -0.05) is 0 Å². The summed E-state index contributed by atoms with van der Waals surface area (Å²) in [4.78, 5) is 11.8. The molecule has 4 heteroatoms. The van der Waals surface area contributed by atoms with Crippen LogP contribution < -0.4 is 10.6 Å². The number of rotatable bonds is 3. The van der Waals surface area contributed by atoms with Crippen LogP contribution in [0.5, 0.6) is 0 Å². The van der Waals surface area contributed by atoms with E-state index < -0.39 is 0 Å². The van der Waals surface area contributed by atoms with E-state index in [2.05, 4.69) is 10.6 Å². The molecule has 0 aromatic rings. The molecule has 3 atom stereocenters. The van der Waals surface area contributed by atoms with Gasteiger partial charge in [-0.05, 0) is 38.6 Å². The summed E-state index contributed by atoms with van der Waals surface area (Å²) in [5.41, 5.74) is 0. The number of methoxy groups -OCH3 is 1. The fraction of sp³-hybridized carbons (Fsp3) is 0.909. The molecule has 15 heavy (non-hydrogen) atoms. The lowest BCUT2D eigenvalue weighted by molar-refractivity contribution is -0.123. The molecule has 2 unspecified atom stereocenters. The molecule has 0 spiro atoms. The van der Waals surface area contributed by atoms with Gasteiger partial charge in [0.25, 0.3) is 0 Å². The highest BCUT2D eigenvalue weighted by Gasteiger charge is 2.29. The van der Waals surface area contributed by atoms with E-state index in [1.54, 1.807) is 7.11 Å². The fourth-order valence-corrected chi connectivity index (χ4v) is 2.50. The van der Waals surface area contributed by atoms with Crippen LogP contribution in [0.15, 0.2) is 0 Å². The van der Waals surface area contributed by atoms with E-state index in [-0.39, 0.29) is 11.9 Å². The summed E-state index contributed by atoms with van der Waals surface area (Å²) in [5, 5.41) is 6.32. The molecule has 0 bridgehead atoms. The van der Waals surface area contributed by atoms with Gasteiger partial charge in [0.05, 0.1) is 12.1 Å². The second kappa shape index (κ2) is 4.94. The summed E-state index contributed by atoms with van der Waals surface area (Å²) in [5.74, 6) is 0.175. The Bertz CT molecular complexity index is 227. The molecule has 0 aromatic carbocycles. The molecule has 0 aromatic heterocycles. The minimum atomic E-state index is 0.0478. The zero-order valence-electron chi connectivity index (χ0n) is 9.29. The van der Waals surface area contributed by atoms with Crippen molar-refractivity contribution in [2.24, 2.45) is 0 Å². The summed E-state index contributed by atoms with van der Waals surface area (Å²) < 4.78 is 5.28. The monoisotopic (exact) mass is 212 g/mol. The summed E-state index contributed by atoms with van der Waals surface area (Å²) >= 11 is 0. The molecule has 0 radical (unpaired) electrons. The largest absolute Gasteiger partial charge is 0.381 e. The standard InChI is InChI=1S/C11H20N2O2/c1-15-9-5-4-8(7-9)13-11(14)10-3-2-6-12-10/h8-10,12H,2-7H2,1H3,(H,13,14)/t8?,9?,10-/m1/s1. The highest BCUT2D eigenvalue weighted by atomic mass is 16.5. The molecule has 86 valence electrons. The smallest absolute Gasteiger partial charge is 0.237 e. The van der Waals surface area contributed by atoms with E-state index in [1.165, 1.54) is 0 Å². The van der Waals surface area contributed by atoms with Gasteiger partial charge in [-0.15, -0.1) is 0 Å². The number of carbonyl (C=O) groups is 1. The van der Waals surface area contributed by atoms with E-state index >= 15 is 0 Å². The molecular formula is C11H20N2O2. The number of hydrogen-bond acceptors (Lipinski definition) is 3. The van der Waals surface area contributed by atoms with Gasteiger partial charge in [0.2, 0.25) is 5.91 Å². The highest BCUT2D eigenvalue weighted by Crippen LogP contribution is 2.21. The third-order valence-corrected chi connectivity index (χ3v) is 3.44. The predicted molar refractivity (Wildman–Crippen MR) is 57.6 cm³/mol. The van der Waals surface area contributed by atoms with Crippen molar-refractivity contribution in [1.29, 1.82) is 0 Å². The van der Waals surface area contributed by atoms with E-state index in [0.29, 0.717) is 12.1 Å². The maximum Gasteiger partial charge on any atom is 0.237 e. The van der Waals surface area contributed by atoms with Crippen molar-refractivity contribution in [3.63, 3.8) is 0 Å². The fourth-order valence-electron chi connectivity index (χ4n) is 2.50. The molecular weight excluding hydrogens is 192 g/mol. The lowest BCUT2D eigenvalue weighted by atomic mass is 10.2. The van der Waals surface area contributed by atoms with Crippen LogP contribution in [0.3, 0.4) is 0 Å². The van der Waals surface area contributed by atoms with Crippen molar-refractivity contribution in [3.8, 4) is 0 Å². The van der Waals surface area contributed by atoms with Crippen molar-refractivity contribution >= 4 is 5.91 Å². The van der Waals surface area contributed by atoms with Gasteiger partial charge in [-0.2, -0.15) is 0 Å². The SMILES string of the molecule is COC1CCC(NC(=O)[C@H]2CCCN2)C1. The van der Waals surface area contributed by atoms with Crippen LogP contribution in [0.25, 0.3) is 0 Å². The Kier molecular flexibility index (Phi) is 3.59. The van der Waals surface area contributed by atoms with E-state index in [1.807, 2.05) is 0 Å². The third kappa shape index (κ3) is 2.69. The average Bonchev–Trinajstić information content (AvgIpc) is 2.87. The minimum Gasteiger partial charge on any atom is -0.381 e. The second-order valence-corrected chi connectivity index (χ2v) is 4.53. The maximum absolute atomic E-state index is 11.8. The normalized spacial score (nSPS) is 35.7. The molecule has 2 N–H and O–H groups in total. The summed E-state index contributed by atoms with van der Waals surface area (Å²) in [6, 6.07) is 0.372. The molecule has 1 heterocycles. The van der Waals surface area contributed by atoms with Gasteiger partial charge in [0, 0.05) is 13.2 Å². The summed E-state index contributed by atoms with van der Waals surface area (Å²) in [6.45, 7) is 0.976. The predicted octanol–water partition coefficient (Wildman–Crippen LogP) is 0.422. The van der Waals surface area contributed by atoms with Crippen LogP contribution in [-0.4, -0.2) is 37.7 Å². The Balaban J connectivity index is 1.74. The van der Waals surface area contributed by atoms with Crippen molar-refractivity contribution < 1.29 is 9.53 Å². The van der Waals surface area contributed by atoms with Crippen LogP contribution >= 0.6 is 0 Å². The first-order valence-electron chi connectivity index (χ1n) is 5.86. The Morgan fingerprint density at radius 2 is 2.27 bits per heavy atom. The maximum atomic E-state index is 11.8. The van der Waals surface area contributed by atoms with E-state index in [4.69, 9.17) is 4.74 Å². The molecule has 2 fully saturated rings. The van der Waals surface area contributed by atoms with Crippen molar-refractivity contribution in [2.45, 2.75) is 50.3 Å². The van der Waals surface area contributed by atoms with Crippen molar-refractivity contribution in [2.75, 3.05) is 13.7 Å². The Morgan fingerprint density at radius 3 is 2.87 bits per heavy atom. The number of ether oxygens (including phenoxy) is 1. The van der Waals surface area contributed by atoms with Gasteiger partial charge < -0.3 is 15.4 Å². The summed E-state index contributed by atoms with van der Waals surface area (Å²) in [7, 11) is 1.74. The summed E-state index contributed by atoms with van der Waals surface area (Å²) in [6.07, 6.45) is 5.52. The number of nitrogens with one attached hydrogen (secondary N) is 2. The molecule has 1 amide bonds. The zero-order valence-corrected chi connectivity index (χ0v) is 9.29. The van der Waals surface area contributed by atoms with Crippen molar-refractivity contribution in [3.05, 3.63) is 0 Å². The average molecular weight is 212 g/mol. The van der Waals surface area contributed by atoms with Gasteiger partial charge in [-0.25, -0.2) is 0 Å². The third-order valence-electron chi connectivity index (χ3n) is 3.44. The van der Waals surface area contributed by atoms with Crippen LogP contribution in [0.4, 0.5) is 0 Å². The Labute approximate surface area is 90.8 Å². The molecule has 1 saturated carbocycles. The molecule has 1 saturated heterocycles. The number of carbonyl (C=O) groups excluding carboxylic acids is 1. The van der Waals surface area contributed by atoms with Crippen molar-refractivity contribution in [1.82, 2.24) is 10.6 Å². The number of hydrogen-bond donors (Lipinski definition) is 2. The van der Waals surface area contributed by atoms with E-state index in [9.17, 15) is 4.79 Å². The minimum absolute atomic E-state index is 0.0478. The first-order valence-corrected chi connectivity index (χ1v) is 5.86.